The maximum Gasteiger partial charge on any atom is 0.121 e. The summed E-state index contributed by atoms with van der Waals surface area (Å²) in [6.07, 6.45) is 0. The molecular formula is C11H16N4. The zero-order valence-electron chi connectivity index (χ0n) is 9.12. The third-order valence-electron chi connectivity index (χ3n) is 2.33. The molecule has 0 bridgehead atoms. The van der Waals surface area contributed by atoms with Crippen molar-refractivity contribution in [1.82, 2.24) is 14.9 Å². The van der Waals surface area contributed by atoms with E-state index in [0.717, 1.165) is 29.0 Å². The molecule has 3 N–H and O–H groups in total. The minimum atomic E-state index is 0.531. The monoisotopic (exact) mass is 204 g/mol. The lowest BCUT2D eigenvalue weighted by molar-refractivity contribution is 0.392. The predicted molar refractivity (Wildman–Crippen MR) is 61.4 cm³/mol. The Morgan fingerprint density at radius 2 is 2.20 bits per heavy atom. The first-order chi connectivity index (χ1) is 7.20. The largest absolute Gasteiger partial charge is 0.341 e. The van der Waals surface area contributed by atoms with E-state index in [1.165, 1.54) is 0 Å². The fraction of sp³-hybridized carbons (Fsp3) is 0.364. The van der Waals surface area contributed by atoms with Crippen molar-refractivity contribution in [2.45, 2.75) is 13.1 Å². The fourth-order valence-corrected chi connectivity index (χ4v) is 1.68. The molecule has 0 atom stereocenters. The summed E-state index contributed by atoms with van der Waals surface area (Å²) in [4.78, 5) is 9.92. The van der Waals surface area contributed by atoms with Crippen LogP contribution in [-0.2, 0) is 13.1 Å². The Labute approximate surface area is 89.1 Å². The Kier molecular flexibility index (Phi) is 2.70. The van der Waals surface area contributed by atoms with E-state index in [9.17, 15) is 0 Å². The summed E-state index contributed by atoms with van der Waals surface area (Å²) in [6, 6.07) is 6.05. The van der Waals surface area contributed by atoms with E-state index in [4.69, 9.17) is 5.73 Å². The van der Waals surface area contributed by atoms with Gasteiger partial charge in [-0.1, -0.05) is 12.1 Å². The highest BCUT2D eigenvalue weighted by molar-refractivity contribution is 5.78. The summed E-state index contributed by atoms with van der Waals surface area (Å²) in [5, 5.41) is 0. The molecule has 0 amide bonds. The van der Waals surface area contributed by atoms with Gasteiger partial charge in [-0.05, 0) is 25.7 Å². The molecule has 80 valence electrons. The van der Waals surface area contributed by atoms with Gasteiger partial charge in [0.25, 0.3) is 0 Å². The van der Waals surface area contributed by atoms with Gasteiger partial charge in [-0.3, -0.25) is 0 Å². The van der Waals surface area contributed by atoms with Gasteiger partial charge in [-0.25, -0.2) is 4.98 Å². The topological polar surface area (TPSA) is 57.9 Å². The number of nitrogens with one attached hydrogen (secondary N) is 1. The number of aromatic amines is 1. The summed E-state index contributed by atoms with van der Waals surface area (Å²) >= 11 is 0. The number of imidazole rings is 1. The Balaban J connectivity index is 2.45. The van der Waals surface area contributed by atoms with Crippen LogP contribution in [-0.4, -0.2) is 29.0 Å². The Hall–Kier alpha value is -1.39. The van der Waals surface area contributed by atoms with Gasteiger partial charge in [0, 0.05) is 6.54 Å². The van der Waals surface area contributed by atoms with Crippen LogP contribution in [0.25, 0.3) is 11.0 Å². The maximum absolute atomic E-state index is 5.66. The molecule has 1 aromatic heterocycles. The molecule has 0 unspecified atom stereocenters. The van der Waals surface area contributed by atoms with E-state index in [1.54, 1.807) is 0 Å². The number of fused-ring (bicyclic) bond motifs is 1. The lowest BCUT2D eigenvalue weighted by atomic mass is 10.2. The van der Waals surface area contributed by atoms with Crippen molar-refractivity contribution in [3.8, 4) is 0 Å². The zero-order valence-corrected chi connectivity index (χ0v) is 9.12. The van der Waals surface area contributed by atoms with E-state index < -0.39 is 0 Å². The molecule has 0 saturated heterocycles. The van der Waals surface area contributed by atoms with Crippen molar-refractivity contribution in [2.24, 2.45) is 5.73 Å². The summed E-state index contributed by atoms with van der Waals surface area (Å²) in [5.74, 6) is 0.982. The van der Waals surface area contributed by atoms with Crippen LogP contribution in [0.15, 0.2) is 18.2 Å². The van der Waals surface area contributed by atoms with Gasteiger partial charge in [-0.15, -0.1) is 0 Å². The van der Waals surface area contributed by atoms with E-state index in [-0.39, 0.29) is 0 Å². The molecule has 4 nitrogen and oxygen atoms in total. The summed E-state index contributed by atoms with van der Waals surface area (Å²) in [7, 11) is 4.05. The number of nitrogens with two attached hydrogens (primary N) is 1. The standard InChI is InChI=1S/C11H16N4/c1-15(2)7-10-13-9-5-3-4-8(6-12)11(9)14-10/h3-5H,6-7,12H2,1-2H3,(H,13,14). The van der Waals surface area contributed by atoms with Gasteiger partial charge < -0.3 is 15.6 Å². The van der Waals surface area contributed by atoms with Gasteiger partial charge in [-0.2, -0.15) is 0 Å². The second-order valence-electron chi connectivity index (χ2n) is 3.94. The average Bonchev–Trinajstić information content (AvgIpc) is 2.58. The molecule has 0 aliphatic carbocycles. The molecule has 1 aromatic carbocycles. The van der Waals surface area contributed by atoms with Crippen LogP contribution in [0.4, 0.5) is 0 Å². The molecule has 0 aliphatic heterocycles. The van der Waals surface area contributed by atoms with Crippen LogP contribution >= 0.6 is 0 Å². The van der Waals surface area contributed by atoms with Crippen LogP contribution in [0, 0.1) is 0 Å². The molecule has 0 saturated carbocycles. The highest BCUT2D eigenvalue weighted by Crippen LogP contribution is 2.16. The van der Waals surface area contributed by atoms with Crippen molar-refractivity contribution in [3.63, 3.8) is 0 Å². The lowest BCUT2D eigenvalue weighted by Crippen LogP contribution is -2.11. The fourth-order valence-electron chi connectivity index (χ4n) is 1.68. The Morgan fingerprint density at radius 3 is 2.87 bits per heavy atom. The maximum atomic E-state index is 5.66. The van der Waals surface area contributed by atoms with Crippen LogP contribution in [0.1, 0.15) is 11.4 Å². The van der Waals surface area contributed by atoms with Crippen LogP contribution < -0.4 is 5.73 Å². The van der Waals surface area contributed by atoms with E-state index in [1.807, 2.05) is 32.3 Å². The molecule has 1 heterocycles. The summed E-state index contributed by atoms with van der Waals surface area (Å²) in [6.45, 7) is 1.35. The molecule has 0 fully saturated rings. The molecule has 2 rings (SSSR count). The second-order valence-corrected chi connectivity index (χ2v) is 3.94. The summed E-state index contributed by atoms with van der Waals surface area (Å²) < 4.78 is 0. The molecule has 4 heteroatoms. The van der Waals surface area contributed by atoms with Gasteiger partial charge in [0.1, 0.15) is 5.82 Å². The number of hydrogen-bond donors (Lipinski definition) is 2. The molecule has 2 aromatic rings. The molecular weight excluding hydrogens is 188 g/mol. The van der Waals surface area contributed by atoms with Crippen LogP contribution in [0.5, 0.6) is 0 Å². The van der Waals surface area contributed by atoms with Crippen LogP contribution in [0.2, 0.25) is 0 Å². The first-order valence-electron chi connectivity index (χ1n) is 5.02. The minimum Gasteiger partial charge on any atom is -0.341 e. The Morgan fingerprint density at radius 1 is 1.40 bits per heavy atom. The van der Waals surface area contributed by atoms with E-state index in [0.29, 0.717) is 6.54 Å². The number of nitrogens with zero attached hydrogens (tertiary/aromatic N) is 2. The minimum absolute atomic E-state index is 0.531. The third-order valence-corrected chi connectivity index (χ3v) is 2.33. The molecule has 0 aliphatic rings. The highest BCUT2D eigenvalue weighted by Gasteiger charge is 2.06. The quantitative estimate of drug-likeness (QED) is 0.786. The molecule has 0 spiro atoms. The van der Waals surface area contributed by atoms with Gasteiger partial charge in [0.2, 0.25) is 0 Å². The normalized spacial score (nSPS) is 11.5. The lowest BCUT2D eigenvalue weighted by Gasteiger charge is -2.05. The van der Waals surface area contributed by atoms with Crippen LogP contribution in [0.3, 0.4) is 0 Å². The van der Waals surface area contributed by atoms with Crippen molar-refractivity contribution >= 4 is 11.0 Å². The number of hydrogen-bond acceptors (Lipinski definition) is 3. The number of benzene rings is 1. The van der Waals surface area contributed by atoms with Gasteiger partial charge in [0.05, 0.1) is 17.6 Å². The first kappa shape index (κ1) is 10.1. The number of H-pyrrole nitrogens is 1. The van der Waals surface area contributed by atoms with Crippen molar-refractivity contribution in [2.75, 3.05) is 14.1 Å². The molecule has 0 radical (unpaired) electrons. The Bertz CT molecular complexity index is 459. The number of para-hydroxylation sites is 1. The van der Waals surface area contributed by atoms with E-state index >= 15 is 0 Å². The van der Waals surface area contributed by atoms with Gasteiger partial charge in [0.15, 0.2) is 0 Å². The zero-order chi connectivity index (χ0) is 10.8. The predicted octanol–water partition coefficient (Wildman–Crippen LogP) is 1.08. The smallest absolute Gasteiger partial charge is 0.121 e. The van der Waals surface area contributed by atoms with Crippen molar-refractivity contribution in [1.29, 1.82) is 0 Å². The van der Waals surface area contributed by atoms with E-state index in [2.05, 4.69) is 14.9 Å². The first-order valence-corrected chi connectivity index (χ1v) is 5.02. The van der Waals surface area contributed by atoms with Crippen molar-refractivity contribution < 1.29 is 0 Å². The van der Waals surface area contributed by atoms with Crippen molar-refractivity contribution in [3.05, 3.63) is 29.6 Å². The SMILES string of the molecule is CN(C)Cc1nc2c(CN)cccc2[nH]1. The average molecular weight is 204 g/mol. The number of aromatic nitrogens is 2. The summed E-state index contributed by atoms with van der Waals surface area (Å²) in [5.41, 5.74) is 8.82. The highest BCUT2D eigenvalue weighted by atomic mass is 15.1. The second kappa shape index (κ2) is 4.00. The third kappa shape index (κ3) is 2.00. The molecule has 15 heavy (non-hydrogen) atoms. The van der Waals surface area contributed by atoms with Gasteiger partial charge >= 0.3 is 0 Å². The number of rotatable bonds is 3.